The number of nitrogens with one attached hydrogen (secondary N) is 1. The number of amides is 2. The molecular weight excluding hydrogens is 516 g/mol. The second-order valence-corrected chi connectivity index (χ2v) is 11.2. The van der Waals surface area contributed by atoms with Crippen molar-refractivity contribution in [3.63, 3.8) is 0 Å². The molecule has 1 aromatic carbocycles. The van der Waals surface area contributed by atoms with Crippen LogP contribution < -0.4 is 19.3 Å². The Bertz CT molecular complexity index is 1390. The van der Waals surface area contributed by atoms with E-state index in [1.165, 1.54) is 40.0 Å². The molecule has 0 spiro atoms. The van der Waals surface area contributed by atoms with Crippen molar-refractivity contribution in [2.45, 2.75) is 64.5 Å². The largest absolute Gasteiger partial charge is 0.493 e. The minimum Gasteiger partial charge on any atom is -0.493 e. The van der Waals surface area contributed by atoms with E-state index in [4.69, 9.17) is 9.47 Å². The first-order valence-electron chi connectivity index (χ1n) is 14.4. The Morgan fingerprint density at radius 3 is 2.42 bits per heavy atom. The van der Waals surface area contributed by atoms with Crippen molar-refractivity contribution < 1.29 is 23.0 Å². The van der Waals surface area contributed by atoms with Crippen molar-refractivity contribution in [2.75, 3.05) is 43.7 Å². The summed E-state index contributed by atoms with van der Waals surface area (Å²) in [6.45, 7) is 5.61. The van der Waals surface area contributed by atoms with Gasteiger partial charge in [0.05, 0.1) is 26.5 Å². The minimum absolute atomic E-state index is 0.0134. The van der Waals surface area contributed by atoms with E-state index in [1.807, 2.05) is 0 Å². The first-order valence-corrected chi connectivity index (χ1v) is 14.4. The zero-order valence-electron chi connectivity index (χ0n) is 23.4. The maximum absolute atomic E-state index is 15.5. The summed E-state index contributed by atoms with van der Waals surface area (Å²) in [5.41, 5.74) is 2.92. The van der Waals surface area contributed by atoms with Crippen LogP contribution in [0.3, 0.4) is 0 Å². The number of methoxy groups -OCH3 is 2. The van der Waals surface area contributed by atoms with Gasteiger partial charge in [-0.05, 0) is 70.1 Å². The molecule has 2 aromatic heterocycles. The number of benzene rings is 1. The van der Waals surface area contributed by atoms with Gasteiger partial charge >= 0.3 is 6.03 Å². The van der Waals surface area contributed by atoms with Gasteiger partial charge in [0, 0.05) is 34.9 Å². The first-order chi connectivity index (χ1) is 19.4. The van der Waals surface area contributed by atoms with Crippen LogP contribution in [0.4, 0.5) is 25.0 Å². The Labute approximate surface area is 233 Å². The number of H-pyrrole nitrogens is 1. The zero-order valence-corrected chi connectivity index (χ0v) is 23.4. The summed E-state index contributed by atoms with van der Waals surface area (Å²) in [5.74, 6) is -1.67. The topological polar surface area (TPSA) is 73.9 Å². The van der Waals surface area contributed by atoms with Crippen LogP contribution in [0.25, 0.3) is 11.0 Å². The Balaban J connectivity index is 1.36. The number of pyridine rings is 1. The fourth-order valence-electron chi connectivity index (χ4n) is 6.31. The normalized spacial score (nSPS) is 20.4. The lowest BCUT2D eigenvalue weighted by atomic mass is 9.91. The van der Waals surface area contributed by atoms with E-state index in [-0.39, 0.29) is 24.1 Å². The quantitative estimate of drug-likeness (QED) is 0.387. The predicted molar refractivity (Wildman–Crippen MR) is 150 cm³/mol. The van der Waals surface area contributed by atoms with Gasteiger partial charge in [-0.1, -0.05) is 13.3 Å². The van der Waals surface area contributed by atoms with E-state index in [9.17, 15) is 4.79 Å². The molecule has 10 heteroatoms. The number of hydrogen-bond acceptors (Lipinski definition) is 5. The van der Waals surface area contributed by atoms with Crippen molar-refractivity contribution in [2.24, 2.45) is 5.92 Å². The number of carbonyl (C=O) groups excluding carboxylic acids is 1. The van der Waals surface area contributed by atoms with Crippen LogP contribution in [0.15, 0.2) is 18.3 Å². The number of carbonyl (C=O) groups is 1. The Hall–Kier alpha value is -3.40. The number of halogens is 2. The highest BCUT2D eigenvalue weighted by atomic mass is 19.1. The van der Waals surface area contributed by atoms with Crippen LogP contribution in [-0.2, 0) is 13.0 Å². The van der Waals surface area contributed by atoms with Gasteiger partial charge in [-0.3, -0.25) is 9.80 Å². The molecule has 2 aliphatic heterocycles. The van der Waals surface area contributed by atoms with Crippen LogP contribution in [0.2, 0.25) is 0 Å². The summed E-state index contributed by atoms with van der Waals surface area (Å²) in [7, 11) is 2.59. The van der Waals surface area contributed by atoms with E-state index in [0.29, 0.717) is 5.92 Å². The van der Waals surface area contributed by atoms with Gasteiger partial charge in [-0.2, -0.15) is 0 Å². The average molecular weight is 554 g/mol. The molecule has 4 heterocycles. The number of ether oxygens (including phenoxy) is 2. The molecule has 1 saturated heterocycles. The predicted octanol–water partition coefficient (Wildman–Crippen LogP) is 6.02. The Kier molecular flexibility index (Phi) is 7.29. The maximum atomic E-state index is 15.5. The average Bonchev–Trinajstić information content (AvgIpc) is 3.69. The number of urea groups is 1. The number of fused-ring (bicyclic) bond motifs is 3. The molecule has 1 atom stereocenters. The number of aromatic nitrogens is 2. The van der Waals surface area contributed by atoms with Gasteiger partial charge in [-0.15, -0.1) is 0 Å². The monoisotopic (exact) mass is 553 g/mol. The van der Waals surface area contributed by atoms with Crippen LogP contribution in [-0.4, -0.2) is 60.8 Å². The number of likely N-dealkylation sites (tertiary alicyclic amines) is 1. The van der Waals surface area contributed by atoms with Crippen molar-refractivity contribution in [1.29, 1.82) is 0 Å². The molecule has 0 radical (unpaired) electrons. The van der Waals surface area contributed by atoms with Crippen LogP contribution in [0, 0.1) is 17.6 Å². The standard InChI is InChI=1S/C30H37F2N5O3/c1-4-35-11-6-5-7-18(10-12-35)13-20-14-22-27-19(16-33-29(22)34-20)17-36(30(38)37(27)21-8-9-21)28-25(31)23(39-2)15-24(40-3)26(28)32/h14-16,18,21H,4-13,17H2,1-3H3,(H,33,34). The molecule has 40 heavy (non-hydrogen) atoms. The van der Waals surface area contributed by atoms with Crippen molar-refractivity contribution >= 4 is 28.4 Å². The van der Waals surface area contributed by atoms with E-state index in [1.54, 1.807) is 11.1 Å². The van der Waals surface area contributed by atoms with Crippen molar-refractivity contribution in [3.05, 3.63) is 41.2 Å². The van der Waals surface area contributed by atoms with E-state index < -0.39 is 23.4 Å². The minimum atomic E-state index is -0.938. The van der Waals surface area contributed by atoms with Gasteiger partial charge in [0.2, 0.25) is 0 Å². The summed E-state index contributed by atoms with van der Waals surface area (Å²) in [5, 5.41) is 0.887. The molecule has 214 valence electrons. The van der Waals surface area contributed by atoms with Crippen LogP contribution in [0.5, 0.6) is 11.5 Å². The summed E-state index contributed by atoms with van der Waals surface area (Å²) < 4.78 is 41.1. The molecule has 1 N–H and O–H groups in total. The molecule has 6 rings (SSSR count). The zero-order chi connectivity index (χ0) is 28.0. The van der Waals surface area contributed by atoms with Crippen molar-refractivity contribution in [1.82, 2.24) is 14.9 Å². The molecule has 2 amide bonds. The lowest BCUT2D eigenvalue weighted by molar-refractivity contribution is 0.228. The summed E-state index contributed by atoms with van der Waals surface area (Å²) in [4.78, 5) is 27.5. The van der Waals surface area contributed by atoms with E-state index in [2.05, 4.69) is 27.9 Å². The van der Waals surface area contributed by atoms with E-state index >= 15 is 8.78 Å². The highest BCUT2D eigenvalue weighted by Gasteiger charge is 2.44. The fraction of sp³-hybridized carbons (Fsp3) is 0.533. The highest BCUT2D eigenvalue weighted by Crippen LogP contribution is 2.45. The molecule has 1 unspecified atom stereocenters. The Morgan fingerprint density at radius 2 is 1.75 bits per heavy atom. The number of hydrogen-bond donors (Lipinski definition) is 1. The van der Waals surface area contributed by atoms with Crippen LogP contribution in [0.1, 0.15) is 56.7 Å². The summed E-state index contributed by atoms with van der Waals surface area (Å²) >= 11 is 0. The summed E-state index contributed by atoms with van der Waals surface area (Å²) in [6, 6.07) is 2.79. The van der Waals surface area contributed by atoms with Gasteiger partial charge < -0.3 is 19.4 Å². The summed E-state index contributed by atoms with van der Waals surface area (Å²) in [6.07, 6.45) is 9.17. The molecule has 2 fully saturated rings. The smallest absolute Gasteiger partial charge is 0.329 e. The number of anilines is 2. The van der Waals surface area contributed by atoms with Gasteiger partial charge in [-0.25, -0.2) is 18.6 Å². The molecule has 1 saturated carbocycles. The van der Waals surface area contributed by atoms with Crippen LogP contribution >= 0.6 is 0 Å². The second kappa shape index (κ2) is 10.9. The number of rotatable bonds is 7. The lowest BCUT2D eigenvalue weighted by Crippen LogP contribution is -2.49. The third-order valence-electron chi connectivity index (χ3n) is 8.65. The third-order valence-corrected chi connectivity index (χ3v) is 8.65. The van der Waals surface area contributed by atoms with Crippen molar-refractivity contribution in [3.8, 4) is 11.5 Å². The van der Waals surface area contributed by atoms with Gasteiger partial charge in [0.15, 0.2) is 23.1 Å². The third kappa shape index (κ3) is 4.76. The van der Waals surface area contributed by atoms with E-state index in [0.717, 1.165) is 77.7 Å². The molecule has 0 bridgehead atoms. The molecular formula is C30H37F2N5O3. The van der Waals surface area contributed by atoms with Gasteiger partial charge in [0.25, 0.3) is 0 Å². The maximum Gasteiger partial charge on any atom is 0.329 e. The SMILES string of the molecule is CCN1CCCCC(Cc2cc3c4c(cnc3[nH]2)CN(c2c(F)c(OC)cc(OC)c2F)C(=O)N4C2CC2)CC1. The number of aromatic amines is 1. The molecule has 8 nitrogen and oxygen atoms in total. The number of nitrogens with zero attached hydrogens (tertiary/aromatic N) is 4. The second-order valence-electron chi connectivity index (χ2n) is 11.2. The fourth-order valence-corrected chi connectivity index (χ4v) is 6.31. The molecule has 3 aromatic rings. The first kappa shape index (κ1) is 26.8. The molecule has 1 aliphatic carbocycles. The highest BCUT2D eigenvalue weighted by molar-refractivity contribution is 6.12. The van der Waals surface area contributed by atoms with Gasteiger partial charge in [0.1, 0.15) is 11.3 Å². The Morgan fingerprint density at radius 1 is 1.00 bits per heavy atom. The lowest BCUT2D eigenvalue weighted by Gasteiger charge is -2.37. The molecule has 3 aliphatic rings.